The van der Waals surface area contributed by atoms with Gasteiger partial charge in [-0.3, -0.25) is 9.69 Å². The van der Waals surface area contributed by atoms with Gasteiger partial charge in [-0.25, -0.2) is 13.1 Å². The summed E-state index contributed by atoms with van der Waals surface area (Å²) in [7, 11) is -3.51. The third kappa shape index (κ3) is 6.39. The van der Waals surface area contributed by atoms with Gasteiger partial charge in [0.15, 0.2) is 0 Å². The Morgan fingerprint density at radius 2 is 1.66 bits per heavy atom. The number of anilines is 1. The number of carbonyl (C=O) groups is 1. The van der Waals surface area contributed by atoms with Crippen LogP contribution < -0.4 is 10.0 Å². The van der Waals surface area contributed by atoms with E-state index < -0.39 is 10.0 Å². The SMILES string of the molecule is Cc1ccc(NC(=O)CN2CCCC(CNS(=O)(=O)c3ccc(C)cc3)C2)cc1. The molecule has 0 aromatic heterocycles. The van der Waals surface area contributed by atoms with Gasteiger partial charge >= 0.3 is 0 Å². The molecule has 2 aromatic rings. The predicted molar refractivity (Wildman–Crippen MR) is 115 cm³/mol. The second kappa shape index (κ2) is 9.52. The smallest absolute Gasteiger partial charge is 0.240 e. The average Bonchev–Trinajstić information content (AvgIpc) is 2.69. The Hall–Kier alpha value is -2.22. The molecule has 1 atom stereocenters. The van der Waals surface area contributed by atoms with Crippen LogP contribution in [0, 0.1) is 19.8 Å². The molecule has 0 radical (unpaired) electrons. The van der Waals surface area contributed by atoms with Gasteiger partial charge in [0.05, 0.1) is 11.4 Å². The molecule has 29 heavy (non-hydrogen) atoms. The van der Waals surface area contributed by atoms with Gasteiger partial charge in [0.25, 0.3) is 0 Å². The monoisotopic (exact) mass is 415 g/mol. The third-order valence-corrected chi connectivity index (χ3v) is 6.64. The topological polar surface area (TPSA) is 78.5 Å². The van der Waals surface area contributed by atoms with E-state index in [1.54, 1.807) is 24.3 Å². The summed E-state index contributed by atoms with van der Waals surface area (Å²) in [5.41, 5.74) is 2.96. The number of hydrogen-bond acceptors (Lipinski definition) is 4. The van der Waals surface area contributed by atoms with Gasteiger partial charge in [-0.05, 0) is 63.4 Å². The highest BCUT2D eigenvalue weighted by Crippen LogP contribution is 2.17. The van der Waals surface area contributed by atoms with Crippen molar-refractivity contribution in [3.63, 3.8) is 0 Å². The first kappa shape index (κ1) is 21.5. The Morgan fingerprint density at radius 1 is 1.03 bits per heavy atom. The van der Waals surface area contributed by atoms with Gasteiger partial charge in [-0.2, -0.15) is 0 Å². The lowest BCUT2D eigenvalue weighted by Gasteiger charge is -2.32. The molecule has 2 N–H and O–H groups in total. The fourth-order valence-electron chi connectivity index (χ4n) is 3.53. The van der Waals surface area contributed by atoms with Gasteiger partial charge < -0.3 is 5.32 Å². The van der Waals surface area contributed by atoms with E-state index in [0.717, 1.165) is 36.2 Å². The minimum absolute atomic E-state index is 0.0465. The van der Waals surface area contributed by atoms with Crippen LogP contribution in [0.5, 0.6) is 0 Å². The lowest BCUT2D eigenvalue weighted by atomic mass is 9.98. The number of likely N-dealkylation sites (tertiary alicyclic amines) is 1. The molecule has 0 spiro atoms. The van der Waals surface area contributed by atoms with E-state index in [-0.39, 0.29) is 16.7 Å². The van der Waals surface area contributed by atoms with Crippen LogP contribution in [0.2, 0.25) is 0 Å². The Labute approximate surface area is 173 Å². The quantitative estimate of drug-likeness (QED) is 0.729. The Balaban J connectivity index is 1.49. The van der Waals surface area contributed by atoms with Crippen molar-refractivity contribution in [3.05, 3.63) is 59.7 Å². The van der Waals surface area contributed by atoms with Crippen molar-refractivity contribution in [3.8, 4) is 0 Å². The van der Waals surface area contributed by atoms with E-state index in [1.807, 2.05) is 38.1 Å². The predicted octanol–water partition coefficient (Wildman–Crippen LogP) is 2.93. The van der Waals surface area contributed by atoms with Crippen molar-refractivity contribution in [2.75, 3.05) is 31.5 Å². The lowest BCUT2D eigenvalue weighted by Crippen LogP contribution is -2.43. The molecule has 1 amide bonds. The van der Waals surface area contributed by atoms with E-state index in [2.05, 4.69) is 14.9 Å². The van der Waals surface area contributed by atoms with E-state index in [1.165, 1.54) is 0 Å². The normalized spacial score (nSPS) is 17.8. The summed E-state index contributed by atoms with van der Waals surface area (Å²) < 4.78 is 27.7. The fourth-order valence-corrected chi connectivity index (χ4v) is 4.65. The maximum Gasteiger partial charge on any atom is 0.240 e. The summed E-state index contributed by atoms with van der Waals surface area (Å²) >= 11 is 0. The van der Waals surface area contributed by atoms with Crippen molar-refractivity contribution in [2.45, 2.75) is 31.6 Å². The maximum absolute atomic E-state index is 12.5. The molecule has 2 aromatic carbocycles. The van der Waals surface area contributed by atoms with Gasteiger partial charge in [0.2, 0.25) is 15.9 Å². The summed E-state index contributed by atoms with van der Waals surface area (Å²) in [5.74, 6) is 0.144. The number of carbonyl (C=O) groups excluding carboxylic acids is 1. The molecular formula is C22H29N3O3S. The number of nitrogens with one attached hydrogen (secondary N) is 2. The molecule has 0 bridgehead atoms. The van der Waals surface area contributed by atoms with Crippen LogP contribution in [0.25, 0.3) is 0 Å². The summed E-state index contributed by atoms with van der Waals surface area (Å²) in [4.78, 5) is 14.7. The number of amides is 1. The number of hydrogen-bond donors (Lipinski definition) is 2. The lowest BCUT2D eigenvalue weighted by molar-refractivity contribution is -0.117. The molecule has 1 saturated heterocycles. The molecule has 7 heteroatoms. The Bertz CT molecular complexity index is 925. The number of rotatable bonds is 7. The van der Waals surface area contributed by atoms with Crippen LogP contribution in [-0.2, 0) is 14.8 Å². The van der Waals surface area contributed by atoms with Crippen LogP contribution in [-0.4, -0.2) is 45.4 Å². The fraction of sp³-hybridized carbons (Fsp3) is 0.409. The van der Waals surface area contributed by atoms with E-state index in [4.69, 9.17) is 0 Å². The summed E-state index contributed by atoms with van der Waals surface area (Å²) in [5, 5.41) is 2.92. The first-order chi connectivity index (χ1) is 13.8. The molecule has 1 heterocycles. The number of aryl methyl sites for hydroxylation is 2. The van der Waals surface area contributed by atoms with Crippen molar-refractivity contribution in [1.82, 2.24) is 9.62 Å². The molecule has 0 saturated carbocycles. The second-order valence-corrected chi connectivity index (χ2v) is 9.59. The number of piperidine rings is 1. The highest BCUT2D eigenvalue weighted by atomic mass is 32.2. The van der Waals surface area contributed by atoms with Gasteiger partial charge in [0, 0.05) is 18.8 Å². The summed E-state index contributed by atoms with van der Waals surface area (Å²) in [6.45, 7) is 6.18. The number of benzene rings is 2. The minimum Gasteiger partial charge on any atom is -0.325 e. The van der Waals surface area contributed by atoms with Crippen LogP contribution in [0.15, 0.2) is 53.4 Å². The number of sulfonamides is 1. The largest absolute Gasteiger partial charge is 0.325 e. The molecular weight excluding hydrogens is 386 g/mol. The summed E-state index contributed by atoms with van der Waals surface area (Å²) in [6, 6.07) is 14.6. The Morgan fingerprint density at radius 3 is 2.31 bits per heavy atom. The first-order valence-corrected chi connectivity index (χ1v) is 11.5. The van der Waals surface area contributed by atoms with Crippen molar-refractivity contribution in [1.29, 1.82) is 0 Å². The molecule has 0 aliphatic carbocycles. The van der Waals surface area contributed by atoms with E-state index >= 15 is 0 Å². The molecule has 6 nitrogen and oxygen atoms in total. The number of nitrogens with zero attached hydrogens (tertiary/aromatic N) is 1. The molecule has 1 unspecified atom stereocenters. The van der Waals surface area contributed by atoms with Crippen molar-refractivity contribution < 1.29 is 13.2 Å². The molecule has 1 fully saturated rings. The maximum atomic E-state index is 12.5. The van der Waals surface area contributed by atoms with Gasteiger partial charge in [-0.1, -0.05) is 35.4 Å². The van der Waals surface area contributed by atoms with E-state index in [9.17, 15) is 13.2 Å². The average molecular weight is 416 g/mol. The molecule has 156 valence electrons. The van der Waals surface area contributed by atoms with Crippen LogP contribution >= 0.6 is 0 Å². The van der Waals surface area contributed by atoms with E-state index in [0.29, 0.717) is 19.6 Å². The van der Waals surface area contributed by atoms with Crippen LogP contribution in [0.4, 0.5) is 5.69 Å². The third-order valence-electron chi connectivity index (χ3n) is 5.20. The van der Waals surface area contributed by atoms with Crippen LogP contribution in [0.1, 0.15) is 24.0 Å². The first-order valence-electron chi connectivity index (χ1n) is 9.97. The zero-order chi connectivity index (χ0) is 20.9. The minimum atomic E-state index is -3.51. The Kier molecular flexibility index (Phi) is 7.05. The standard InChI is InChI=1S/C22H29N3O3S/c1-17-5-9-20(10-6-17)24-22(26)16-25-13-3-4-19(15-25)14-23-29(27,28)21-11-7-18(2)8-12-21/h5-12,19,23H,3-4,13-16H2,1-2H3,(H,24,26). The van der Waals surface area contributed by atoms with Crippen molar-refractivity contribution in [2.24, 2.45) is 5.92 Å². The zero-order valence-electron chi connectivity index (χ0n) is 17.0. The van der Waals surface area contributed by atoms with Gasteiger partial charge in [-0.15, -0.1) is 0 Å². The van der Waals surface area contributed by atoms with Crippen LogP contribution in [0.3, 0.4) is 0 Å². The van der Waals surface area contributed by atoms with Crippen molar-refractivity contribution >= 4 is 21.6 Å². The highest BCUT2D eigenvalue weighted by Gasteiger charge is 2.23. The van der Waals surface area contributed by atoms with Gasteiger partial charge in [0.1, 0.15) is 0 Å². The second-order valence-electron chi connectivity index (χ2n) is 7.82. The molecule has 1 aliphatic heterocycles. The molecule has 3 rings (SSSR count). The highest BCUT2D eigenvalue weighted by molar-refractivity contribution is 7.89. The summed E-state index contributed by atoms with van der Waals surface area (Å²) in [6.07, 6.45) is 1.90. The molecule has 1 aliphatic rings. The zero-order valence-corrected chi connectivity index (χ0v) is 17.8.